The third kappa shape index (κ3) is 3.87. The van der Waals surface area contributed by atoms with Gasteiger partial charge in [-0.05, 0) is 38.5 Å². The molecule has 2 aliphatic rings. The highest BCUT2D eigenvalue weighted by atomic mass is 16.5. The van der Waals surface area contributed by atoms with E-state index in [2.05, 4.69) is 5.32 Å². The molecule has 2 unspecified atom stereocenters. The first-order valence-corrected chi connectivity index (χ1v) is 7.95. The fraction of sp³-hybridized carbons (Fsp3) is 0.867. The van der Waals surface area contributed by atoms with Gasteiger partial charge in [0.15, 0.2) is 0 Å². The predicted molar refractivity (Wildman–Crippen MR) is 78.2 cm³/mol. The Morgan fingerprint density at radius 3 is 2.81 bits per heavy atom. The van der Waals surface area contributed by atoms with Gasteiger partial charge in [0.25, 0.3) is 0 Å². The Bertz CT molecular complexity index is 382. The number of hydrogen-bond acceptors (Lipinski definition) is 3. The van der Waals surface area contributed by atoms with E-state index >= 15 is 0 Å². The van der Waals surface area contributed by atoms with E-state index in [9.17, 15) is 14.7 Å². The number of likely N-dealkylation sites (tertiary alicyclic amines) is 1. The summed E-state index contributed by atoms with van der Waals surface area (Å²) in [4.78, 5) is 25.4. The number of carbonyl (C=O) groups is 2. The quantitative estimate of drug-likeness (QED) is 0.830. The number of carbonyl (C=O) groups excluding carboxylic acids is 1. The van der Waals surface area contributed by atoms with Crippen molar-refractivity contribution in [2.45, 2.75) is 51.6 Å². The molecular formula is C15H26N2O4. The van der Waals surface area contributed by atoms with Gasteiger partial charge >= 0.3 is 12.0 Å². The van der Waals surface area contributed by atoms with Crippen molar-refractivity contribution in [3.63, 3.8) is 0 Å². The van der Waals surface area contributed by atoms with Crippen LogP contribution in [0.3, 0.4) is 0 Å². The molecule has 2 heterocycles. The maximum Gasteiger partial charge on any atom is 0.317 e. The van der Waals surface area contributed by atoms with Gasteiger partial charge in [0.1, 0.15) is 0 Å². The van der Waals surface area contributed by atoms with Crippen molar-refractivity contribution < 1.29 is 19.4 Å². The van der Waals surface area contributed by atoms with Crippen molar-refractivity contribution in [3.8, 4) is 0 Å². The lowest BCUT2D eigenvalue weighted by Gasteiger charge is -2.39. The van der Waals surface area contributed by atoms with Crippen molar-refractivity contribution >= 4 is 12.0 Å². The number of rotatable bonds is 4. The number of nitrogens with zero attached hydrogens (tertiary/aromatic N) is 1. The van der Waals surface area contributed by atoms with Crippen molar-refractivity contribution in [3.05, 3.63) is 0 Å². The van der Waals surface area contributed by atoms with Crippen molar-refractivity contribution in [1.82, 2.24) is 10.2 Å². The SMILES string of the molecule is CCC1(C(=O)O)CCCN(C(=O)NCC2CCCCO2)C1. The zero-order valence-electron chi connectivity index (χ0n) is 12.8. The van der Waals surface area contributed by atoms with Gasteiger partial charge in [-0.3, -0.25) is 4.79 Å². The molecule has 0 radical (unpaired) electrons. The molecule has 2 saturated heterocycles. The van der Waals surface area contributed by atoms with Crippen LogP contribution in [0.25, 0.3) is 0 Å². The first kappa shape index (κ1) is 16.1. The molecule has 0 saturated carbocycles. The third-order valence-corrected chi connectivity index (χ3v) is 4.75. The summed E-state index contributed by atoms with van der Waals surface area (Å²) in [6, 6.07) is -0.164. The normalized spacial score (nSPS) is 30.0. The number of ether oxygens (including phenoxy) is 1. The maximum absolute atomic E-state index is 12.2. The largest absolute Gasteiger partial charge is 0.481 e. The highest BCUT2D eigenvalue weighted by molar-refractivity contribution is 5.78. The van der Waals surface area contributed by atoms with E-state index in [-0.39, 0.29) is 12.1 Å². The molecule has 0 aromatic carbocycles. The molecule has 2 amide bonds. The number of carboxylic acid groups (broad SMARTS) is 1. The number of urea groups is 1. The standard InChI is InChI=1S/C15H26N2O4/c1-2-15(13(18)19)7-5-8-17(11-15)14(20)16-10-12-6-3-4-9-21-12/h12H,2-11H2,1H3,(H,16,20)(H,18,19). The summed E-state index contributed by atoms with van der Waals surface area (Å²) in [6.45, 7) is 4.09. The first-order valence-electron chi connectivity index (χ1n) is 7.95. The van der Waals surface area contributed by atoms with E-state index in [1.54, 1.807) is 4.90 Å². The Hall–Kier alpha value is -1.30. The van der Waals surface area contributed by atoms with Crippen molar-refractivity contribution in [1.29, 1.82) is 0 Å². The minimum Gasteiger partial charge on any atom is -0.481 e. The van der Waals surface area contributed by atoms with Gasteiger partial charge < -0.3 is 20.1 Å². The fourth-order valence-electron chi connectivity index (χ4n) is 3.20. The number of piperidine rings is 1. The molecule has 0 aromatic rings. The molecular weight excluding hydrogens is 272 g/mol. The smallest absolute Gasteiger partial charge is 0.317 e. The highest BCUT2D eigenvalue weighted by Crippen LogP contribution is 2.33. The Morgan fingerprint density at radius 2 is 2.19 bits per heavy atom. The van der Waals surface area contributed by atoms with Crippen molar-refractivity contribution in [2.75, 3.05) is 26.2 Å². The minimum atomic E-state index is -0.793. The van der Waals surface area contributed by atoms with Crippen LogP contribution in [-0.2, 0) is 9.53 Å². The van der Waals surface area contributed by atoms with Crippen LogP contribution in [0.15, 0.2) is 0 Å². The number of nitrogens with one attached hydrogen (secondary N) is 1. The summed E-state index contributed by atoms with van der Waals surface area (Å²) in [5, 5.41) is 12.3. The van der Waals surface area contributed by atoms with Crippen LogP contribution in [0.1, 0.15) is 45.4 Å². The maximum atomic E-state index is 12.2. The molecule has 2 aliphatic heterocycles. The van der Waals surface area contributed by atoms with E-state index in [1.807, 2.05) is 6.92 Å². The Balaban J connectivity index is 1.85. The minimum absolute atomic E-state index is 0.0999. The Labute approximate surface area is 125 Å². The predicted octanol–water partition coefficient (Wildman–Crippen LogP) is 1.84. The molecule has 2 N–H and O–H groups in total. The Morgan fingerprint density at radius 1 is 1.38 bits per heavy atom. The molecule has 120 valence electrons. The molecule has 2 rings (SSSR count). The number of aliphatic carboxylic acids is 1. The van der Waals surface area contributed by atoms with Crippen molar-refractivity contribution in [2.24, 2.45) is 5.41 Å². The monoisotopic (exact) mass is 298 g/mol. The zero-order valence-corrected chi connectivity index (χ0v) is 12.8. The van der Waals surface area contributed by atoms with Crippen LogP contribution < -0.4 is 5.32 Å². The summed E-state index contributed by atoms with van der Waals surface area (Å²) in [5.41, 5.74) is -0.781. The van der Waals surface area contributed by atoms with Gasteiger partial charge in [0.2, 0.25) is 0 Å². The molecule has 6 heteroatoms. The zero-order chi connectivity index (χ0) is 15.3. The van der Waals surface area contributed by atoms with Crippen LogP contribution in [0, 0.1) is 5.41 Å². The van der Waals surface area contributed by atoms with Gasteiger partial charge in [-0.1, -0.05) is 6.92 Å². The molecule has 0 aliphatic carbocycles. The summed E-state index contributed by atoms with van der Waals surface area (Å²) in [6.07, 6.45) is 5.26. The molecule has 2 atom stereocenters. The van der Waals surface area contributed by atoms with Gasteiger partial charge in [-0.15, -0.1) is 0 Å². The van der Waals surface area contributed by atoms with Crippen LogP contribution in [0.5, 0.6) is 0 Å². The molecule has 6 nitrogen and oxygen atoms in total. The third-order valence-electron chi connectivity index (χ3n) is 4.75. The van der Waals surface area contributed by atoms with Crippen LogP contribution >= 0.6 is 0 Å². The topological polar surface area (TPSA) is 78.9 Å². The Kier molecular flexibility index (Phi) is 5.45. The molecule has 0 spiro atoms. The summed E-state index contributed by atoms with van der Waals surface area (Å²) < 4.78 is 5.59. The van der Waals surface area contributed by atoms with E-state index in [0.29, 0.717) is 32.5 Å². The van der Waals surface area contributed by atoms with Gasteiger partial charge in [-0.25, -0.2) is 4.79 Å². The average molecular weight is 298 g/mol. The summed E-state index contributed by atoms with van der Waals surface area (Å²) in [7, 11) is 0. The summed E-state index contributed by atoms with van der Waals surface area (Å²) in [5.74, 6) is -0.793. The number of hydrogen-bond donors (Lipinski definition) is 2. The highest BCUT2D eigenvalue weighted by Gasteiger charge is 2.42. The number of amides is 2. The second-order valence-electron chi connectivity index (χ2n) is 6.14. The molecule has 21 heavy (non-hydrogen) atoms. The van der Waals surface area contributed by atoms with Crippen LogP contribution in [-0.4, -0.2) is 54.4 Å². The second-order valence-corrected chi connectivity index (χ2v) is 6.14. The van der Waals surface area contributed by atoms with E-state index in [0.717, 1.165) is 32.3 Å². The van der Waals surface area contributed by atoms with Crippen LogP contribution in [0.4, 0.5) is 4.79 Å². The van der Waals surface area contributed by atoms with Gasteiger partial charge in [-0.2, -0.15) is 0 Å². The second kappa shape index (κ2) is 7.11. The summed E-state index contributed by atoms with van der Waals surface area (Å²) >= 11 is 0. The molecule has 0 aromatic heterocycles. The lowest BCUT2D eigenvalue weighted by atomic mass is 9.78. The molecule has 0 bridgehead atoms. The average Bonchev–Trinajstić information content (AvgIpc) is 2.53. The number of carboxylic acids is 1. The lowest BCUT2D eigenvalue weighted by molar-refractivity contribution is -0.152. The molecule has 2 fully saturated rings. The first-order chi connectivity index (χ1) is 10.1. The van der Waals surface area contributed by atoms with Crippen LogP contribution in [0.2, 0.25) is 0 Å². The van der Waals surface area contributed by atoms with E-state index < -0.39 is 11.4 Å². The lowest BCUT2D eigenvalue weighted by Crippen LogP contribution is -2.53. The van der Waals surface area contributed by atoms with E-state index in [1.165, 1.54) is 0 Å². The fourth-order valence-corrected chi connectivity index (χ4v) is 3.20. The van der Waals surface area contributed by atoms with Gasteiger partial charge in [0, 0.05) is 26.2 Å². The van der Waals surface area contributed by atoms with E-state index in [4.69, 9.17) is 4.74 Å². The van der Waals surface area contributed by atoms with Gasteiger partial charge in [0.05, 0.1) is 11.5 Å².